The van der Waals surface area contributed by atoms with Crippen LogP contribution in [-0.2, 0) is 16.1 Å². The predicted molar refractivity (Wildman–Crippen MR) is 70.5 cm³/mol. The highest BCUT2D eigenvalue weighted by molar-refractivity contribution is 9.10. The molecule has 1 rings (SSSR count). The molecule has 0 bridgehead atoms. The van der Waals surface area contributed by atoms with Crippen molar-refractivity contribution < 1.29 is 13.9 Å². The Balaban J connectivity index is 2.43. The van der Waals surface area contributed by atoms with Gasteiger partial charge in [0.05, 0.1) is 7.11 Å². The molecule has 3 nitrogen and oxygen atoms in total. The Hall–Kier alpha value is -0.460. The van der Waals surface area contributed by atoms with Crippen molar-refractivity contribution in [3.63, 3.8) is 0 Å². The zero-order valence-corrected chi connectivity index (χ0v) is 12.3. The van der Waals surface area contributed by atoms with Gasteiger partial charge in [-0.05, 0) is 23.8 Å². The lowest BCUT2D eigenvalue weighted by molar-refractivity contribution is -0.139. The maximum absolute atomic E-state index is 13.1. The van der Waals surface area contributed by atoms with Crippen molar-refractivity contribution in [2.45, 2.75) is 11.4 Å². The first-order valence-electron chi connectivity index (χ1n) is 4.90. The lowest BCUT2D eigenvalue weighted by Crippen LogP contribution is -2.29. The fourth-order valence-electron chi connectivity index (χ4n) is 1.27. The second kappa shape index (κ2) is 7.08. The maximum Gasteiger partial charge on any atom is 0.320 e. The Morgan fingerprint density at radius 3 is 2.82 bits per heavy atom. The molecule has 0 heterocycles. The Morgan fingerprint density at radius 1 is 1.53 bits per heavy atom. The molecular formula is C11H12Br2FNO2. The number of halogens is 3. The largest absolute Gasteiger partial charge is 0.468 e. The normalized spacial score (nSPS) is 12.2. The van der Waals surface area contributed by atoms with Crippen LogP contribution in [-0.4, -0.2) is 24.5 Å². The molecule has 1 unspecified atom stereocenters. The number of carbonyl (C=O) groups is 1. The second-order valence-electron chi connectivity index (χ2n) is 3.40. The van der Waals surface area contributed by atoms with E-state index in [0.29, 0.717) is 17.6 Å². The van der Waals surface area contributed by atoms with Crippen LogP contribution >= 0.6 is 31.9 Å². The van der Waals surface area contributed by atoms with Crippen LogP contribution in [0.5, 0.6) is 0 Å². The molecule has 1 atom stereocenters. The van der Waals surface area contributed by atoms with Gasteiger partial charge < -0.3 is 10.1 Å². The molecule has 0 spiro atoms. The van der Waals surface area contributed by atoms with Crippen LogP contribution in [0.25, 0.3) is 0 Å². The Labute approximate surface area is 116 Å². The molecular weight excluding hydrogens is 357 g/mol. The molecule has 0 aliphatic rings. The Bertz CT molecular complexity index is 381. The molecule has 0 aromatic heterocycles. The van der Waals surface area contributed by atoms with Crippen LogP contribution in [0, 0.1) is 5.82 Å². The van der Waals surface area contributed by atoms with Crippen LogP contribution in [0.15, 0.2) is 22.7 Å². The van der Waals surface area contributed by atoms with Crippen LogP contribution < -0.4 is 5.32 Å². The Morgan fingerprint density at radius 2 is 2.24 bits per heavy atom. The third-order valence-electron chi connectivity index (χ3n) is 2.03. The third kappa shape index (κ3) is 5.14. The molecule has 0 saturated carbocycles. The van der Waals surface area contributed by atoms with Crippen LogP contribution in [0.4, 0.5) is 4.39 Å². The molecule has 1 N–H and O–H groups in total. The van der Waals surface area contributed by atoms with Gasteiger partial charge >= 0.3 is 5.97 Å². The number of esters is 1. The summed E-state index contributed by atoms with van der Waals surface area (Å²) < 4.78 is 18.3. The van der Waals surface area contributed by atoms with Crippen molar-refractivity contribution in [3.8, 4) is 0 Å². The quantitative estimate of drug-likeness (QED) is 0.641. The topological polar surface area (TPSA) is 38.3 Å². The average Bonchev–Trinajstić information content (AvgIpc) is 2.26. The monoisotopic (exact) mass is 367 g/mol. The van der Waals surface area contributed by atoms with E-state index in [1.54, 1.807) is 0 Å². The number of benzene rings is 1. The zero-order chi connectivity index (χ0) is 12.8. The van der Waals surface area contributed by atoms with Crippen molar-refractivity contribution in [2.75, 3.05) is 13.7 Å². The summed E-state index contributed by atoms with van der Waals surface area (Å²) in [6.45, 7) is 0.899. The van der Waals surface area contributed by atoms with Gasteiger partial charge in [-0.1, -0.05) is 31.9 Å². The third-order valence-corrected chi connectivity index (χ3v) is 3.19. The number of methoxy groups -OCH3 is 1. The summed E-state index contributed by atoms with van der Waals surface area (Å²) in [5.74, 6) is -0.627. The molecule has 0 saturated heterocycles. The lowest BCUT2D eigenvalue weighted by Gasteiger charge is -2.09. The van der Waals surface area contributed by atoms with Crippen LogP contribution in [0.3, 0.4) is 0 Å². The molecule has 0 amide bonds. The number of carbonyl (C=O) groups excluding carboxylic acids is 1. The minimum atomic E-state index is -0.399. The molecule has 0 aliphatic carbocycles. The predicted octanol–water partition coefficient (Wildman–Crippen LogP) is 2.61. The van der Waals surface area contributed by atoms with E-state index in [-0.39, 0.29) is 11.8 Å². The smallest absolute Gasteiger partial charge is 0.320 e. The van der Waals surface area contributed by atoms with Crippen molar-refractivity contribution in [1.82, 2.24) is 5.32 Å². The molecule has 6 heteroatoms. The molecule has 1 aromatic rings. The summed E-state index contributed by atoms with van der Waals surface area (Å²) in [7, 11) is 1.33. The fourth-order valence-corrected chi connectivity index (χ4v) is 2.20. The van der Waals surface area contributed by atoms with Gasteiger partial charge in [-0.25, -0.2) is 4.39 Å². The zero-order valence-electron chi connectivity index (χ0n) is 9.17. The van der Waals surface area contributed by atoms with Crippen molar-refractivity contribution in [3.05, 3.63) is 34.1 Å². The first kappa shape index (κ1) is 14.6. The second-order valence-corrected chi connectivity index (χ2v) is 5.42. The first-order chi connectivity index (χ1) is 8.02. The van der Waals surface area contributed by atoms with Gasteiger partial charge in [0.2, 0.25) is 0 Å². The van der Waals surface area contributed by atoms with Gasteiger partial charge in [0.25, 0.3) is 0 Å². The highest BCUT2D eigenvalue weighted by atomic mass is 79.9. The maximum atomic E-state index is 13.1. The first-order valence-corrected chi connectivity index (χ1v) is 6.61. The van der Waals surface area contributed by atoms with Gasteiger partial charge in [-0.15, -0.1) is 0 Å². The van der Waals surface area contributed by atoms with Gasteiger partial charge in [-0.3, -0.25) is 4.79 Å². The standard InChI is InChI=1S/C11H12Br2FNO2/c1-17-11(16)10(13)6-15-5-7-2-8(12)4-9(14)3-7/h2-4,10,15H,5-6H2,1H3. The van der Waals surface area contributed by atoms with Gasteiger partial charge in [0.1, 0.15) is 10.6 Å². The minimum Gasteiger partial charge on any atom is -0.468 e. The molecule has 1 aromatic carbocycles. The number of hydrogen-bond acceptors (Lipinski definition) is 3. The highest BCUT2D eigenvalue weighted by Crippen LogP contribution is 2.14. The van der Waals surface area contributed by atoms with Gasteiger partial charge in [0, 0.05) is 17.6 Å². The summed E-state index contributed by atoms with van der Waals surface area (Å²) in [5, 5.41) is 3.04. The van der Waals surface area contributed by atoms with E-state index in [1.165, 1.54) is 19.2 Å². The SMILES string of the molecule is COC(=O)C(Br)CNCc1cc(F)cc(Br)c1. The van der Waals surface area contributed by atoms with Crippen LogP contribution in [0.2, 0.25) is 0 Å². The number of ether oxygens (including phenoxy) is 1. The highest BCUT2D eigenvalue weighted by Gasteiger charge is 2.14. The van der Waals surface area contributed by atoms with E-state index in [2.05, 4.69) is 41.9 Å². The average molecular weight is 369 g/mol. The molecule has 17 heavy (non-hydrogen) atoms. The summed E-state index contributed by atoms with van der Waals surface area (Å²) in [6, 6.07) is 4.65. The summed E-state index contributed by atoms with van der Waals surface area (Å²) in [4.78, 5) is 10.7. The van der Waals surface area contributed by atoms with E-state index in [4.69, 9.17) is 0 Å². The molecule has 94 valence electrons. The van der Waals surface area contributed by atoms with E-state index in [9.17, 15) is 9.18 Å². The molecule has 0 radical (unpaired) electrons. The van der Waals surface area contributed by atoms with E-state index < -0.39 is 4.83 Å². The summed E-state index contributed by atoms with van der Waals surface area (Å²) in [6.07, 6.45) is 0. The number of hydrogen-bond donors (Lipinski definition) is 1. The van der Waals surface area contributed by atoms with Gasteiger partial charge in [0.15, 0.2) is 0 Å². The lowest BCUT2D eigenvalue weighted by atomic mass is 10.2. The van der Waals surface area contributed by atoms with E-state index in [1.807, 2.05) is 6.07 Å². The molecule has 0 fully saturated rings. The number of nitrogens with one attached hydrogen (secondary N) is 1. The van der Waals surface area contributed by atoms with E-state index >= 15 is 0 Å². The summed E-state index contributed by atoms with van der Waals surface area (Å²) in [5.41, 5.74) is 0.807. The van der Waals surface area contributed by atoms with Crippen molar-refractivity contribution in [2.24, 2.45) is 0 Å². The number of alkyl halides is 1. The fraction of sp³-hybridized carbons (Fsp3) is 0.364. The van der Waals surface area contributed by atoms with Crippen molar-refractivity contribution in [1.29, 1.82) is 0 Å². The number of rotatable bonds is 5. The molecule has 0 aliphatic heterocycles. The van der Waals surface area contributed by atoms with Gasteiger partial charge in [-0.2, -0.15) is 0 Å². The Kier molecular flexibility index (Phi) is 6.08. The van der Waals surface area contributed by atoms with Crippen LogP contribution in [0.1, 0.15) is 5.56 Å². The minimum absolute atomic E-state index is 0.292. The summed E-state index contributed by atoms with van der Waals surface area (Å²) >= 11 is 6.40. The van der Waals surface area contributed by atoms with Crippen molar-refractivity contribution >= 4 is 37.8 Å². The van der Waals surface area contributed by atoms with E-state index in [0.717, 1.165) is 5.56 Å².